The third kappa shape index (κ3) is 1.93. The molecule has 0 amide bonds. The van der Waals surface area contributed by atoms with Gasteiger partial charge in [-0.1, -0.05) is 31.9 Å². The Kier molecular flexibility index (Phi) is 2.87. The number of halogens is 2. The predicted molar refractivity (Wildman–Crippen MR) is 79.3 cm³/mol. The Morgan fingerprint density at radius 3 is 2.33 bits per heavy atom. The van der Waals surface area contributed by atoms with Crippen molar-refractivity contribution in [2.24, 2.45) is 0 Å². The maximum atomic E-state index is 12.0. The molecule has 0 bridgehead atoms. The fraction of sp³-hybridized carbons (Fsp3) is 0. The van der Waals surface area contributed by atoms with Gasteiger partial charge in [-0.15, -0.1) is 0 Å². The van der Waals surface area contributed by atoms with Crippen LogP contribution < -0.4 is 5.69 Å². The zero-order valence-electron chi connectivity index (χ0n) is 9.15. The van der Waals surface area contributed by atoms with Gasteiger partial charge < -0.3 is 4.98 Å². The number of hydrogen-bond donors (Lipinski definition) is 1. The number of benzene rings is 2. The Morgan fingerprint density at radius 1 is 0.944 bits per heavy atom. The minimum Gasteiger partial charge on any atom is -0.305 e. The van der Waals surface area contributed by atoms with Crippen LogP contribution >= 0.6 is 31.9 Å². The normalized spacial score (nSPS) is 11.0. The second-order valence-corrected chi connectivity index (χ2v) is 5.73. The average Bonchev–Trinajstić information content (AvgIpc) is 2.66. The van der Waals surface area contributed by atoms with Crippen LogP contribution in [0.5, 0.6) is 0 Å². The predicted octanol–water partition coefficient (Wildman–Crippen LogP) is 3.84. The summed E-state index contributed by atoms with van der Waals surface area (Å²) in [6.07, 6.45) is 0. The van der Waals surface area contributed by atoms with Crippen LogP contribution in [0.3, 0.4) is 0 Å². The summed E-state index contributed by atoms with van der Waals surface area (Å²) >= 11 is 6.81. The number of hydrogen-bond acceptors (Lipinski definition) is 1. The molecular formula is C13H8Br2N2O. The lowest BCUT2D eigenvalue weighted by atomic mass is 10.3. The standard InChI is InChI=1S/C13H8Br2N2O/c14-8-1-4-10(5-2-8)17-12-7-9(15)3-6-11(12)16-13(17)18/h1-7H,(H,16,18). The van der Waals surface area contributed by atoms with Crippen LogP contribution in [0.25, 0.3) is 16.7 Å². The summed E-state index contributed by atoms with van der Waals surface area (Å²) in [6, 6.07) is 13.4. The van der Waals surface area contributed by atoms with Gasteiger partial charge in [-0.3, -0.25) is 4.57 Å². The maximum Gasteiger partial charge on any atom is 0.331 e. The molecular weight excluding hydrogens is 360 g/mol. The van der Waals surface area contributed by atoms with Crippen LogP contribution in [0.4, 0.5) is 0 Å². The van der Waals surface area contributed by atoms with Gasteiger partial charge in [-0.05, 0) is 42.5 Å². The molecule has 0 saturated heterocycles. The molecule has 0 aliphatic heterocycles. The van der Waals surface area contributed by atoms with Crippen molar-refractivity contribution in [3.05, 3.63) is 61.9 Å². The number of imidazole rings is 1. The average molecular weight is 368 g/mol. The largest absolute Gasteiger partial charge is 0.331 e. The van der Waals surface area contributed by atoms with E-state index in [1.807, 2.05) is 42.5 Å². The molecule has 3 nitrogen and oxygen atoms in total. The summed E-state index contributed by atoms with van der Waals surface area (Å²) < 4.78 is 3.59. The van der Waals surface area contributed by atoms with Crippen molar-refractivity contribution in [2.75, 3.05) is 0 Å². The smallest absolute Gasteiger partial charge is 0.305 e. The zero-order chi connectivity index (χ0) is 12.7. The number of aromatic amines is 1. The van der Waals surface area contributed by atoms with Gasteiger partial charge in [0.15, 0.2) is 0 Å². The van der Waals surface area contributed by atoms with Gasteiger partial charge in [0.25, 0.3) is 0 Å². The molecule has 0 atom stereocenters. The molecule has 0 unspecified atom stereocenters. The highest BCUT2D eigenvalue weighted by atomic mass is 79.9. The summed E-state index contributed by atoms with van der Waals surface area (Å²) in [6.45, 7) is 0. The molecule has 3 aromatic rings. The summed E-state index contributed by atoms with van der Waals surface area (Å²) in [4.78, 5) is 14.9. The van der Waals surface area contributed by atoms with E-state index in [0.29, 0.717) is 0 Å². The number of fused-ring (bicyclic) bond motifs is 1. The molecule has 0 saturated carbocycles. The van der Waals surface area contributed by atoms with Crippen LogP contribution in [-0.2, 0) is 0 Å². The van der Waals surface area contributed by atoms with Crippen LogP contribution in [0.15, 0.2) is 56.2 Å². The lowest BCUT2D eigenvalue weighted by molar-refractivity contribution is 1.02. The highest BCUT2D eigenvalue weighted by Crippen LogP contribution is 2.21. The Labute approximate surface area is 120 Å². The number of H-pyrrole nitrogens is 1. The van der Waals surface area contributed by atoms with Crippen molar-refractivity contribution >= 4 is 42.9 Å². The van der Waals surface area contributed by atoms with Gasteiger partial charge in [-0.2, -0.15) is 0 Å². The van der Waals surface area contributed by atoms with Crippen molar-refractivity contribution in [3.8, 4) is 5.69 Å². The first-order valence-electron chi connectivity index (χ1n) is 5.31. The van der Waals surface area contributed by atoms with E-state index in [2.05, 4.69) is 36.8 Å². The van der Waals surface area contributed by atoms with Gasteiger partial charge in [0.1, 0.15) is 0 Å². The fourth-order valence-electron chi connectivity index (χ4n) is 1.92. The van der Waals surface area contributed by atoms with E-state index in [-0.39, 0.29) is 5.69 Å². The molecule has 3 rings (SSSR count). The fourth-order valence-corrected chi connectivity index (χ4v) is 2.54. The van der Waals surface area contributed by atoms with Crippen LogP contribution in [0.2, 0.25) is 0 Å². The van der Waals surface area contributed by atoms with Crippen LogP contribution in [-0.4, -0.2) is 9.55 Å². The molecule has 1 aromatic heterocycles. The summed E-state index contributed by atoms with van der Waals surface area (Å²) in [5.41, 5.74) is 2.39. The highest BCUT2D eigenvalue weighted by molar-refractivity contribution is 9.10. The molecule has 0 aliphatic rings. The first-order valence-corrected chi connectivity index (χ1v) is 6.90. The van der Waals surface area contributed by atoms with Gasteiger partial charge in [-0.25, -0.2) is 4.79 Å². The number of nitrogens with zero attached hydrogens (tertiary/aromatic N) is 1. The number of aromatic nitrogens is 2. The van der Waals surface area contributed by atoms with Gasteiger partial charge in [0.2, 0.25) is 0 Å². The molecule has 18 heavy (non-hydrogen) atoms. The molecule has 0 fully saturated rings. The van der Waals surface area contributed by atoms with Crippen molar-refractivity contribution in [1.29, 1.82) is 0 Å². The third-order valence-corrected chi connectivity index (χ3v) is 3.75. The maximum absolute atomic E-state index is 12.0. The lowest BCUT2D eigenvalue weighted by Gasteiger charge is -2.03. The minimum atomic E-state index is -0.134. The minimum absolute atomic E-state index is 0.134. The van der Waals surface area contributed by atoms with E-state index in [1.165, 1.54) is 0 Å². The molecule has 1 N–H and O–H groups in total. The number of rotatable bonds is 1. The molecule has 0 aliphatic carbocycles. The van der Waals surface area contributed by atoms with E-state index in [0.717, 1.165) is 25.7 Å². The lowest BCUT2D eigenvalue weighted by Crippen LogP contribution is -2.14. The van der Waals surface area contributed by atoms with E-state index >= 15 is 0 Å². The van der Waals surface area contributed by atoms with Crippen LogP contribution in [0.1, 0.15) is 0 Å². The molecule has 1 heterocycles. The molecule has 5 heteroatoms. The van der Waals surface area contributed by atoms with Gasteiger partial charge in [0, 0.05) is 8.95 Å². The molecule has 0 radical (unpaired) electrons. The molecule has 90 valence electrons. The Morgan fingerprint density at radius 2 is 1.61 bits per heavy atom. The monoisotopic (exact) mass is 366 g/mol. The summed E-state index contributed by atoms with van der Waals surface area (Å²) in [5.74, 6) is 0. The van der Waals surface area contributed by atoms with Gasteiger partial charge in [0.05, 0.1) is 16.7 Å². The Balaban J connectivity index is 2.34. The zero-order valence-corrected chi connectivity index (χ0v) is 12.3. The Bertz CT molecular complexity index is 772. The first-order chi connectivity index (χ1) is 8.65. The SMILES string of the molecule is O=c1[nH]c2ccc(Br)cc2n1-c1ccc(Br)cc1. The van der Waals surface area contributed by atoms with Gasteiger partial charge >= 0.3 is 5.69 Å². The quantitative estimate of drug-likeness (QED) is 0.697. The first kappa shape index (κ1) is 11.7. The van der Waals surface area contributed by atoms with E-state index < -0.39 is 0 Å². The summed E-state index contributed by atoms with van der Waals surface area (Å²) in [5, 5.41) is 0. The van der Waals surface area contributed by atoms with Crippen molar-refractivity contribution in [1.82, 2.24) is 9.55 Å². The molecule has 2 aromatic carbocycles. The third-order valence-electron chi connectivity index (χ3n) is 2.73. The van der Waals surface area contributed by atoms with E-state index in [4.69, 9.17) is 0 Å². The van der Waals surface area contributed by atoms with E-state index in [1.54, 1.807) is 4.57 Å². The van der Waals surface area contributed by atoms with Crippen molar-refractivity contribution < 1.29 is 0 Å². The van der Waals surface area contributed by atoms with Crippen LogP contribution in [0, 0.1) is 0 Å². The van der Waals surface area contributed by atoms with Crippen molar-refractivity contribution in [3.63, 3.8) is 0 Å². The Hall–Kier alpha value is -1.33. The topological polar surface area (TPSA) is 37.8 Å². The highest BCUT2D eigenvalue weighted by Gasteiger charge is 2.08. The summed E-state index contributed by atoms with van der Waals surface area (Å²) in [7, 11) is 0. The van der Waals surface area contributed by atoms with Crippen molar-refractivity contribution in [2.45, 2.75) is 0 Å². The molecule has 0 spiro atoms. The second kappa shape index (κ2) is 4.40. The number of nitrogens with one attached hydrogen (secondary N) is 1. The van der Waals surface area contributed by atoms with E-state index in [9.17, 15) is 4.79 Å². The second-order valence-electron chi connectivity index (χ2n) is 3.90.